The number of quaternary nitrogens is 1. The topological polar surface area (TPSA) is 100 Å². The Morgan fingerprint density at radius 2 is 1.61 bits per heavy atom. The molecule has 0 saturated carbocycles. The zero-order valence-electron chi connectivity index (χ0n) is 12.0. The summed E-state index contributed by atoms with van der Waals surface area (Å²) < 4.78 is 29.4. The van der Waals surface area contributed by atoms with Gasteiger partial charge in [-0.3, -0.25) is 4.79 Å². The molecule has 0 radical (unpaired) electrons. The summed E-state index contributed by atoms with van der Waals surface area (Å²) in [5, 5.41) is 0. The van der Waals surface area contributed by atoms with E-state index in [9.17, 15) is 17.8 Å². The Morgan fingerprint density at radius 3 is 1.61 bits per heavy atom. The van der Waals surface area contributed by atoms with E-state index < -0.39 is 16.0 Å². The normalized spacial score (nSPS) is 10.3. The van der Waals surface area contributed by atoms with Gasteiger partial charge in [0.15, 0.2) is 0 Å². The van der Waals surface area contributed by atoms with Gasteiger partial charge in [-0.2, -0.15) is 0 Å². The lowest BCUT2D eigenvalue weighted by Crippen LogP contribution is -2.34. The summed E-state index contributed by atoms with van der Waals surface area (Å²) in [7, 11) is 2.72. The van der Waals surface area contributed by atoms with Gasteiger partial charge in [-0.05, 0) is 12.5 Å². The van der Waals surface area contributed by atoms with Gasteiger partial charge in [0.25, 0.3) is 0 Å². The highest BCUT2D eigenvalue weighted by molar-refractivity contribution is 7.85. The minimum absolute atomic E-state index is 0.312. The van der Waals surface area contributed by atoms with Crippen LogP contribution in [0.1, 0.15) is 20.3 Å². The molecule has 0 bridgehead atoms. The molecule has 0 aliphatic carbocycles. The van der Waals surface area contributed by atoms with Crippen LogP contribution in [0.4, 0.5) is 0 Å². The van der Waals surface area contributed by atoms with Crippen LogP contribution in [-0.4, -0.2) is 56.8 Å². The number of hydrogen-bond donors (Lipinski definition) is 1. The standard InChI is InChI=1S/C6H16N.C3H5NO.C2H6O3S/c1-5-6-7(2,3)4;1-2-3(4)5;1-2-6(3,4)5/h5-6H2,1-4H3;2H,1H2,(H2,4,5);2H2,1H3,(H,3,4,5)/q+1;;/p-1. The van der Waals surface area contributed by atoms with Crippen LogP contribution in [0.5, 0.6) is 0 Å². The van der Waals surface area contributed by atoms with E-state index in [2.05, 4.69) is 40.4 Å². The number of amides is 1. The number of carbonyl (C=O) groups is 1. The van der Waals surface area contributed by atoms with E-state index in [0.29, 0.717) is 0 Å². The molecule has 0 spiro atoms. The Balaban J connectivity index is -0.000000190. The molecular formula is C11H26N2O4S. The maximum atomic E-state index is 9.47. The smallest absolute Gasteiger partial charge is 0.240 e. The number of nitrogens with zero attached hydrogens (tertiary/aromatic N) is 1. The van der Waals surface area contributed by atoms with E-state index in [-0.39, 0.29) is 5.75 Å². The van der Waals surface area contributed by atoms with E-state index in [1.165, 1.54) is 19.9 Å². The third-order valence-electron chi connectivity index (χ3n) is 1.45. The molecule has 0 rings (SSSR count). The van der Waals surface area contributed by atoms with Crippen LogP contribution in [-0.2, 0) is 14.9 Å². The van der Waals surface area contributed by atoms with Gasteiger partial charge >= 0.3 is 0 Å². The lowest BCUT2D eigenvalue weighted by Gasteiger charge is -2.22. The molecule has 1 amide bonds. The Hall–Kier alpha value is -0.920. The molecule has 7 heteroatoms. The first-order valence-corrected chi connectivity index (χ1v) is 7.13. The SMILES string of the molecule is C=CC(N)=O.CCC[N+](C)(C)C.CCS(=O)(=O)[O-]. The van der Waals surface area contributed by atoms with E-state index in [4.69, 9.17) is 0 Å². The molecule has 0 heterocycles. The summed E-state index contributed by atoms with van der Waals surface area (Å²) in [5.74, 6) is -0.794. The number of rotatable bonds is 4. The van der Waals surface area contributed by atoms with Crippen molar-refractivity contribution in [2.75, 3.05) is 33.4 Å². The molecule has 6 nitrogen and oxygen atoms in total. The average Bonchev–Trinajstić information content (AvgIpc) is 2.16. The van der Waals surface area contributed by atoms with Gasteiger partial charge in [0, 0.05) is 5.75 Å². The molecule has 0 aromatic heterocycles. The van der Waals surface area contributed by atoms with E-state index in [1.54, 1.807) is 0 Å². The average molecular weight is 282 g/mol. The molecule has 0 fully saturated rings. The van der Waals surface area contributed by atoms with E-state index >= 15 is 0 Å². The van der Waals surface area contributed by atoms with Gasteiger partial charge in [0.05, 0.1) is 37.8 Å². The maximum absolute atomic E-state index is 9.47. The first kappa shape index (κ1) is 22.3. The second-order valence-electron chi connectivity index (χ2n) is 4.47. The van der Waals surface area contributed by atoms with Gasteiger partial charge in [-0.1, -0.05) is 20.4 Å². The van der Waals surface area contributed by atoms with Crippen molar-refractivity contribution < 1.29 is 22.2 Å². The Morgan fingerprint density at radius 1 is 1.33 bits per heavy atom. The van der Waals surface area contributed by atoms with Crippen molar-refractivity contribution >= 4 is 16.0 Å². The fourth-order valence-electron chi connectivity index (χ4n) is 0.671. The number of hydrogen-bond acceptors (Lipinski definition) is 4. The second kappa shape index (κ2) is 11.2. The van der Waals surface area contributed by atoms with Crippen LogP contribution in [0.25, 0.3) is 0 Å². The number of carbonyl (C=O) groups excluding carboxylic acids is 1. The predicted octanol–water partition coefficient (Wildman–Crippen LogP) is 0.312. The minimum Gasteiger partial charge on any atom is -0.748 e. The summed E-state index contributed by atoms with van der Waals surface area (Å²) >= 11 is 0. The molecule has 0 atom stereocenters. The predicted molar refractivity (Wildman–Crippen MR) is 72.8 cm³/mol. The van der Waals surface area contributed by atoms with Crippen LogP contribution < -0.4 is 5.73 Å². The molecule has 0 aromatic rings. The van der Waals surface area contributed by atoms with Crippen molar-refractivity contribution in [2.45, 2.75) is 20.3 Å². The molecule has 110 valence electrons. The third-order valence-corrected chi connectivity index (χ3v) is 2.16. The Kier molecular flexibility index (Phi) is 13.8. The zero-order valence-corrected chi connectivity index (χ0v) is 12.8. The molecule has 0 aliphatic heterocycles. The van der Waals surface area contributed by atoms with Crippen molar-refractivity contribution in [3.05, 3.63) is 12.7 Å². The van der Waals surface area contributed by atoms with Gasteiger partial charge in [-0.15, -0.1) is 0 Å². The van der Waals surface area contributed by atoms with Gasteiger partial charge in [0.1, 0.15) is 0 Å². The maximum Gasteiger partial charge on any atom is 0.240 e. The fraction of sp³-hybridized carbons (Fsp3) is 0.727. The van der Waals surface area contributed by atoms with Crippen molar-refractivity contribution in [3.63, 3.8) is 0 Å². The van der Waals surface area contributed by atoms with Gasteiger partial charge in [0.2, 0.25) is 5.91 Å². The highest BCUT2D eigenvalue weighted by Gasteiger charge is 2.01. The highest BCUT2D eigenvalue weighted by atomic mass is 32.2. The quantitative estimate of drug-likeness (QED) is 0.455. The molecule has 2 N–H and O–H groups in total. The van der Waals surface area contributed by atoms with E-state index in [1.807, 2.05) is 0 Å². The van der Waals surface area contributed by atoms with E-state index in [0.717, 1.165) is 10.6 Å². The number of nitrogens with two attached hydrogens (primary N) is 1. The molecule has 18 heavy (non-hydrogen) atoms. The largest absolute Gasteiger partial charge is 0.748 e. The summed E-state index contributed by atoms with van der Waals surface area (Å²) in [5.41, 5.74) is 4.53. The lowest BCUT2D eigenvalue weighted by molar-refractivity contribution is -0.870. The summed E-state index contributed by atoms with van der Waals surface area (Å²) in [6.45, 7) is 7.88. The summed E-state index contributed by atoms with van der Waals surface area (Å²) in [6, 6.07) is 0. The van der Waals surface area contributed by atoms with Gasteiger partial charge < -0.3 is 14.8 Å². The van der Waals surface area contributed by atoms with Crippen molar-refractivity contribution in [1.82, 2.24) is 0 Å². The van der Waals surface area contributed by atoms with Crippen LogP contribution in [0, 0.1) is 0 Å². The van der Waals surface area contributed by atoms with Crippen molar-refractivity contribution in [2.24, 2.45) is 5.73 Å². The van der Waals surface area contributed by atoms with Crippen LogP contribution >= 0.6 is 0 Å². The monoisotopic (exact) mass is 282 g/mol. The Bertz CT molecular complexity index is 318. The van der Waals surface area contributed by atoms with Crippen molar-refractivity contribution in [3.8, 4) is 0 Å². The van der Waals surface area contributed by atoms with Crippen LogP contribution in [0.3, 0.4) is 0 Å². The molecule has 0 saturated heterocycles. The highest BCUT2D eigenvalue weighted by Crippen LogP contribution is 1.90. The fourth-order valence-corrected chi connectivity index (χ4v) is 0.671. The first-order valence-electron chi connectivity index (χ1n) is 5.55. The minimum atomic E-state index is -3.91. The molecule has 0 aromatic carbocycles. The van der Waals surface area contributed by atoms with Gasteiger partial charge in [-0.25, -0.2) is 8.42 Å². The third kappa shape index (κ3) is 45.8. The van der Waals surface area contributed by atoms with Crippen LogP contribution in [0.15, 0.2) is 12.7 Å². The van der Waals surface area contributed by atoms with Crippen LogP contribution in [0.2, 0.25) is 0 Å². The molecule has 0 aliphatic rings. The second-order valence-corrected chi connectivity index (χ2v) is 6.16. The lowest BCUT2D eigenvalue weighted by atomic mass is 10.4. The molecular weight excluding hydrogens is 256 g/mol. The first-order chi connectivity index (χ1) is 7.89. The summed E-state index contributed by atoms with van der Waals surface area (Å²) in [6.07, 6.45) is 2.34. The zero-order chi connectivity index (χ0) is 15.4. The Labute approximate surface area is 111 Å². The van der Waals surface area contributed by atoms with Crippen molar-refractivity contribution in [1.29, 1.82) is 0 Å². The summed E-state index contributed by atoms with van der Waals surface area (Å²) in [4.78, 5) is 9.47. The number of primary amides is 1. The molecule has 0 unspecified atom stereocenters.